The van der Waals surface area contributed by atoms with Gasteiger partial charge in [0.15, 0.2) is 0 Å². The molecule has 0 aliphatic heterocycles. The Hall–Kier alpha value is -1.24. The number of carbonyl (C=O) groups excluding carboxylic acids is 1. The average molecular weight is 223 g/mol. The van der Waals surface area contributed by atoms with Crippen molar-refractivity contribution in [3.8, 4) is 6.07 Å². The van der Waals surface area contributed by atoms with Crippen LogP contribution in [0.2, 0.25) is 0 Å². The van der Waals surface area contributed by atoms with Crippen LogP contribution in [0.5, 0.6) is 0 Å². The standard InChI is InChI=1S/C12H21N3O/c1-3-8-14-11(16)15-12(9-13)6-4-10(2)5-7-12/h10H,3-8H2,1-2H3,(H2,14,15,16). The molecule has 0 atom stereocenters. The number of nitrogens with one attached hydrogen (secondary N) is 2. The van der Waals surface area contributed by atoms with Crippen LogP contribution in [-0.4, -0.2) is 18.1 Å². The van der Waals surface area contributed by atoms with Gasteiger partial charge in [-0.25, -0.2) is 4.79 Å². The average Bonchev–Trinajstić information content (AvgIpc) is 2.30. The van der Waals surface area contributed by atoms with E-state index in [-0.39, 0.29) is 6.03 Å². The van der Waals surface area contributed by atoms with Gasteiger partial charge in [0.1, 0.15) is 5.54 Å². The predicted molar refractivity (Wildman–Crippen MR) is 62.8 cm³/mol. The molecule has 16 heavy (non-hydrogen) atoms. The van der Waals surface area contributed by atoms with Crippen molar-refractivity contribution in [2.45, 2.75) is 51.5 Å². The zero-order valence-electron chi connectivity index (χ0n) is 10.2. The van der Waals surface area contributed by atoms with E-state index in [0.717, 1.165) is 32.1 Å². The molecular formula is C12H21N3O. The van der Waals surface area contributed by atoms with Crippen molar-refractivity contribution >= 4 is 6.03 Å². The maximum Gasteiger partial charge on any atom is 0.316 e. The van der Waals surface area contributed by atoms with Crippen LogP contribution in [0.3, 0.4) is 0 Å². The van der Waals surface area contributed by atoms with Crippen molar-refractivity contribution in [2.75, 3.05) is 6.54 Å². The first-order valence-corrected chi connectivity index (χ1v) is 6.09. The molecule has 4 nitrogen and oxygen atoms in total. The summed E-state index contributed by atoms with van der Waals surface area (Å²) in [6.45, 7) is 4.85. The van der Waals surface area contributed by atoms with Gasteiger partial charge in [-0.1, -0.05) is 13.8 Å². The Labute approximate surface area is 97.4 Å². The minimum Gasteiger partial charge on any atom is -0.338 e. The van der Waals surface area contributed by atoms with Crippen LogP contribution in [-0.2, 0) is 0 Å². The molecule has 0 aromatic heterocycles. The van der Waals surface area contributed by atoms with Gasteiger partial charge in [0.25, 0.3) is 0 Å². The van der Waals surface area contributed by atoms with E-state index in [4.69, 9.17) is 0 Å². The van der Waals surface area contributed by atoms with Crippen LogP contribution in [0.1, 0.15) is 46.0 Å². The molecule has 0 aromatic carbocycles. The Morgan fingerprint density at radius 2 is 2.12 bits per heavy atom. The normalized spacial score (nSPS) is 29.2. The van der Waals surface area contributed by atoms with Crippen LogP contribution in [0, 0.1) is 17.2 Å². The summed E-state index contributed by atoms with van der Waals surface area (Å²) in [5.41, 5.74) is -0.635. The van der Waals surface area contributed by atoms with Crippen molar-refractivity contribution in [3.05, 3.63) is 0 Å². The number of rotatable bonds is 3. The molecule has 1 fully saturated rings. The van der Waals surface area contributed by atoms with Gasteiger partial charge < -0.3 is 10.6 Å². The highest BCUT2D eigenvalue weighted by molar-refractivity contribution is 5.75. The molecule has 1 rings (SSSR count). The fraction of sp³-hybridized carbons (Fsp3) is 0.833. The number of nitrogens with zero attached hydrogens (tertiary/aromatic N) is 1. The Morgan fingerprint density at radius 3 is 2.62 bits per heavy atom. The van der Waals surface area contributed by atoms with Gasteiger partial charge >= 0.3 is 6.03 Å². The van der Waals surface area contributed by atoms with E-state index in [2.05, 4.69) is 23.6 Å². The van der Waals surface area contributed by atoms with Gasteiger partial charge in [0.2, 0.25) is 0 Å². The maximum absolute atomic E-state index is 11.5. The van der Waals surface area contributed by atoms with Gasteiger partial charge in [0.05, 0.1) is 6.07 Å². The summed E-state index contributed by atoms with van der Waals surface area (Å²) in [5.74, 6) is 0.668. The van der Waals surface area contributed by atoms with E-state index >= 15 is 0 Å². The molecule has 0 radical (unpaired) electrons. The van der Waals surface area contributed by atoms with Gasteiger partial charge in [-0.3, -0.25) is 0 Å². The number of nitriles is 1. The van der Waals surface area contributed by atoms with Gasteiger partial charge in [-0.2, -0.15) is 5.26 Å². The third-order valence-electron chi connectivity index (χ3n) is 3.23. The van der Waals surface area contributed by atoms with Crippen LogP contribution >= 0.6 is 0 Å². The van der Waals surface area contributed by atoms with Gasteiger partial charge in [0, 0.05) is 6.54 Å². The summed E-state index contributed by atoms with van der Waals surface area (Å²) in [6, 6.07) is 2.06. The molecule has 4 heteroatoms. The SMILES string of the molecule is CCCNC(=O)NC1(C#N)CCC(C)CC1. The Balaban J connectivity index is 2.48. The Morgan fingerprint density at radius 1 is 1.50 bits per heavy atom. The van der Waals surface area contributed by atoms with Crippen molar-refractivity contribution < 1.29 is 4.79 Å². The van der Waals surface area contributed by atoms with E-state index in [1.807, 2.05) is 6.92 Å². The lowest BCUT2D eigenvalue weighted by atomic mass is 9.78. The zero-order valence-corrected chi connectivity index (χ0v) is 10.2. The molecule has 1 saturated carbocycles. The Bertz CT molecular complexity index is 274. The van der Waals surface area contributed by atoms with E-state index in [9.17, 15) is 10.1 Å². The quantitative estimate of drug-likeness (QED) is 0.770. The number of amides is 2. The summed E-state index contributed by atoms with van der Waals surface area (Å²) in [4.78, 5) is 11.5. The fourth-order valence-electron chi connectivity index (χ4n) is 2.02. The third-order valence-corrected chi connectivity index (χ3v) is 3.23. The molecule has 2 amide bonds. The minimum atomic E-state index is -0.635. The van der Waals surface area contributed by atoms with E-state index in [0.29, 0.717) is 12.5 Å². The zero-order chi connectivity index (χ0) is 12.0. The molecule has 1 aliphatic carbocycles. The number of hydrogen-bond acceptors (Lipinski definition) is 2. The topological polar surface area (TPSA) is 64.9 Å². The summed E-state index contributed by atoms with van der Waals surface area (Å²) >= 11 is 0. The molecular weight excluding hydrogens is 202 g/mol. The highest BCUT2D eigenvalue weighted by atomic mass is 16.2. The van der Waals surface area contributed by atoms with E-state index in [1.165, 1.54) is 0 Å². The number of carbonyl (C=O) groups is 1. The van der Waals surface area contributed by atoms with Gasteiger partial charge in [-0.05, 0) is 38.0 Å². The minimum absolute atomic E-state index is 0.210. The van der Waals surface area contributed by atoms with Crippen LogP contribution < -0.4 is 10.6 Å². The first kappa shape index (κ1) is 12.8. The molecule has 0 saturated heterocycles. The summed E-state index contributed by atoms with van der Waals surface area (Å²) in [6.07, 6.45) is 4.47. The maximum atomic E-state index is 11.5. The Kier molecular flexibility index (Phi) is 4.60. The summed E-state index contributed by atoms with van der Waals surface area (Å²) in [5, 5.41) is 14.8. The molecule has 90 valence electrons. The van der Waals surface area contributed by atoms with E-state index in [1.54, 1.807) is 0 Å². The second-order valence-corrected chi connectivity index (χ2v) is 4.76. The number of urea groups is 1. The van der Waals surface area contributed by atoms with Crippen molar-refractivity contribution in [3.63, 3.8) is 0 Å². The second-order valence-electron chi connectivity index (χ2n) is 4.76. The number of hydrogen-bond donors (Lipinski definition) is 2. The summed E-state index contributed by atoms with van der Waals surface area (Å²) in [7, 11) is 0. The predicted octanol–water partition coefficient (Wildman–Crippen LogP) is 2.17. The van der Waals surface area contributed by atoms with Crippen molar-refractivity contribution in [1.29, 1.82) is 5.26 Å². The lowest BCUT2D eigenvalue weighted by Gasteiger charge is -2.34. The lowest BCUT2D eigenvalue weighted by Crippen LogP contribution is -2.53. The largest absolute Gasteiger partial charge is 0.338 e. The van der Waals surface area contributed by atoms with Crippen LogP contribution in [0.25, 0.3) is 0 Å². The first-order valence-electron chi connectivity index (χ1n) is 6.09. The third kappa shape index (κ3) is 3.41. The molecule has 1 aliphatic rings. The van der Waals surface area contributed by atoms with E-state index < -0.39 is 5.54 Å². The molecule has 0 spiro atoms. The highest BCUT2D eigenvalue weighted by Gasteiger charge is 2.35. The van der Waals surface area contributed by atoms with Crippen LogP contribution in [0.4, 0.5) is 4.79 Å². The molecule has 0 bridgehead atoms. The van der Waals surface area contributed by atoms with Crippen LogP contribution in [0.15, 0.2) is 0 Å². The van der Waals surface area contributed by atoms with Crippen molar-refractivity contribution in [2.24, 2.45) is 5.92 Å². The monoisotopic (exact) mass is 223 g/mol. The molecule has 0 unspecified atom stereocenters. The van der Waals surface area contributed by atoms with Gasteiger partial charge in [-0.15, -0.1) is 0 Å². The smallest absolute Gasteiger partial charge is 0.316 e. The van der Waals surface area contributed by atoms with Crippen molar-refractivity contribution in [1.82, 2.24) is 10.6 Å². The molecule has 2 N–H and O–H groups in total. The second kappa shape index (κ2) is 5.74. The highest BCUT2D eigenvalue weighted by Crippen LogP contribution is 2.31. The molecule has 0 heterocycles. The molecule has 0 aromatic rings. The fourth-order valence-corrected chi connectivity index (χ4v) is 2.02. The first-order chi connectivity index (χ1) is 7.62. The lowest BCUT2D eigenvalue weighted by molar-refractivity contribution is 0.212. The summed E-state index contributed by atoms with van der Waals surface area (Å²) < 4.78 is 0.